The summed E-state index contributed by atoms with van der Waals surface area (Å²) in [6.07, 6.45) is 2.36. The van der Waals surface area contributed by atoms with Gasteiger partial charge in [0.2, 0.25) is 0 Å². The average Bonchev–Trinajstić information content (AvgIpc) is 3.40. The van der Waals surface area contributed by atoms with E-state index in [-0.39, 0.29) is 0 Å². The Morgan fingerprint density at radius 2 is 1.92 bits per heavy atom. The van der Waals surface area contributed by atoms with Crippen LogP contribution in [0.15, 0.2) is 30.3 Å². The van der Waals surface area contributed by atoms with E-state index in [0.717, 1.165) is 40.9 Å². The topological polar surface area (TPSA) is 64.8 Å². The van der Waals surface area contributed by atoms with Gasteiger partial charge in [-0.1, -0.05) is 6.07 Å². The maximum absolute atomic E-state index is 5.67. The summed E-state index contributed by atoms with van der Waals surface area (Å²) in [6, 6.07) is 10.0. The molecule has 1 fully saturated rings. The average molecular weight is 337 g/mol. The van der Waals surface area contributed by atoms with Crippen molar-refractivity contribution in [2.45, 2.75) is 25.3 Å². The van der Waals surface area contributed by atoms with E-state index in [1.807, 2.05) is 35.8 Å². The van der Waals surface area contributed by atoms with Crippen LogP contribution in [-0.2, 0) is 6.54 Å². The molecule has 1 aromatic carbocycles. The molecule has 2 aromatic heterocycles. The van der Waals surface area contributed by atoms with Crippen LogP contribution in [0.4, 0.5) is 5.82 Å². The van der Waals surface area contributed by atoms with E-state index in [2.05, 4.69) is 21.2 Å². The molecule has 3 heterocycles. The third-order valence-corrected chi connectivity index (χ3v) is 4.63. The maximum atomic E-state index is 5.67. The number of hydrogen-bond acceptors (Lipinski definition) is 6. The first kappa shape index (κ1) is 14.5. The van der Waals surface area contributed by atoms with Gasteiger partial charge in [0.05, 0.1) is 0 Å². The van der Waals surface area contributed by atoms with Crippen molar-refractivity contribution < 1.29 is 9.47 Å². The number of benzene rings is 1. The van der Waals surface area contributed by atoms with Crippen molar-refractivity contribution in [1.29, 1.82) is 0 Å². The number of rotatable bonds is 4. The van der Waals surface area contributed by atoms with Crippen LogP contribution < -0.4 is 14.4 Å². The van der Waals surface area contributed by atoms with Gasteiger partial charge >= 0.3 is 0 Å². The zero-order valence-corrected chi connectivity index (χ0v) is 14.1. The highest BCUT2D eigenvalue weighted by Crippen LogP contribution is 2.38. The molecule has 0 atom stereocenters. The molecule has 1 saturated carbocycles. The van der Waals surface area contributed by atoms with Gasteiger partial charge in [0.15, 0.2) is 23.0 Å². The molecule has 0 radical (unpaired) electrons. The molecule has 0 saturated heterocycles. The molecule has 25 heavy (non-hydrogen) atoms. The second kappa shape index (κ2) is 5.61. The molecular weight excluding hydrogens is 318 g/mol. The second-order valence-corrected chi connectivity index (χ2v) is 6.63. The van der Waals surface area contributed by atoms with Gasteiger partial charge in [-0.3, -0.25) is 0 Å². The Bertz CT molecular complexity index is 934. The number of ether oxygens (including phenoxy) is 2. The fraction of sp³-hybridized carbons (Fsp3) is 0.389. The second-order valence-electron chi connectivity index (χ2n) is 6.63. The molecular formula is C18H19N5O2. The number of anilines is 1. The molecule has 0 unspecified atom stereocenters. The molecule has 0 spiro atoms. The number of nitrogens with zero attached hydrogens (tertiary/aromatic N) is 5. The molecule has 0 bridgehead atoms. The summed E-state index contributed by atoms with van der Waals surface area (Å²) >= 11 is 0. The highest BCUT2D eigenvalue weighted by molar-refractivity contribution is 5.48. The molecule has 7 nitrogen and oxygen atoms in total. The van der Waals surface area contributed by atoms with Crippen molar-refractivity contribution in [3.8, 4) is 11.5 Å². The van der Waals surface area contributed by atoms with Crippen LogP contribution in [0.2, 0.25) is 0 Å². The van der Waals surface area contributed by atoms with Gasteiger partial charge in [-0.05, 0) is 42.7 Å². The Kier molecular flexibility index (Phi) is 3.26. The summed E-state index contributed by atoms with van der Waals surface area (Å²) in [7, 11) is 2.03. The van der Waals surface area contributed by atoms with Crippen LogP contribution in [0.5, 0.6) is 11.5 Å². The molecule has 5 rings (SSSR count). The normalized spacial score (nSPS) is 16.2. The lowest BCUT2D eigenvalue weighted by Crippen LogP contribution is -2.20. The largest absolute Gasteiger partial charge is 0.486 e. The van der Waals surface area contributed by atoms with E-state index >= 15 is 0 Å². The monoisotopic (exact) mass is 337 g/mol. The summed E-state index contributed by atoms with van der Waals surface area (Å²) in [5.41, 5.74) is 1.96. The molecule has 0 amide bonds. The van der Waals surface area contributed by atoms with Crippen molar-refractivity contribution in [2.24, 2.45) is 0 Å². The Hall–Kier alpha value is -2.83. The standard InChI is InChI=1S/C18H19N5O2/c1-22(11-12-2-5-14-15(10-12)25-9-8-24-14)17-7-6-16-19-20-18(13-3-4-13)23(16)21-17/h2,5-7,10,13H,3-4,8-9,11H2,1H3. The van der Waals surface area contributed by atoms with Crippen molar-refractivity contribution in [2.75, 3.05) is 25.2 Å². The van der Waals surface area contributed by atoms with Crippen molar-refractivity contribution in [3.05, 3.63) is 41.7 Å². The Morgan fingerprint density at radius 3 is 2.76 bits per heavy atom. The van der Waals surface area contributed by atoms with Crippen LogP contribution in [0, 0.1) is 0 Å². The molecule has 1 aliphatic carbocycles. The predicted octanol–water partition coefficient (Wildman–Crippen LogP) is 2.41. The molecule has 128 valence electrons. The van der Waals surface area contributed by atoms with Crippen LogP contribution in [0.25, 0.3) is 5.65 Å². The molecule has 7 heteroatoms. The van der Waals surface area contributed by atoms with E-state index in [4.69, 9.17) is 14.6 Å². The molecule has 2 aliphatic rings. The van der Waals surface area contributed by atoms with Gasteiger partial charge in [-0.25, -0.2) is 0 Å². The van der Waals surface area contributed by atoms with Crippen molar-refractivity contribution >= 4 is 11.5 Å². The van der Waals surface area contributed by atoms with Gasteiger partial charge in [-0.15, -0.1) is 15.3 Å². The fourth-order valence-corrected chi connectivity index (χ4v) is 3.14. The summed E-state index contributed by atoms with van der Waals surface area (Å²) in [5, 5.41) is 13.2. The number of hydrogen-bond donors (Lipinski definition) is 0. The molecule has 0 N–H and O–H groups in total. The minimum Gasteiger partial charge on any atom is -0.486 e. The van der Waals surface area contributed by atoms with Gasteiger partial charge in [0.1, 0.15) is 19.0 Å². The quantitative estimate of drug-likeness (QED) is 0.728. The maximum Gasteiger partial charge on any atom is 0.178 e. The number of aromatic nitrogens is 4. The predicted molar refractivity (Wildman–Crippen MR) is 92.3 cm³/mol. The minimum absolute atomic E-state index is 0.515. The van der Waals surface area contributed by atoms with Crippen molar-refractivity contribution in [3.63, 3.8) is 0 Å². The lowest BCUT2D eigenvalue weighted by Gasteiger charge is -2.21. The first-order valence-corrected chi connectivity index (χ1v) is 8.60. The van der Waals surface area contributed by atoms with Gasteiger partial charge in [0, 0.05) is 19.5 Å². The van der Waals surface area contributed by atoms with Gasteiger partial charge in [-0.2, -0.15) is 4.52 Å². The zero-order chi connectivity index (χ0) is 16.8. The van der Waals surface area contributed by atoms with E-state index in [1.54, 1.807) is 0 Å². The summed E-state index contributed by atoms with van der Waals surface area (Å²) in [5.74, 6) is 4.01. The van der Waals surface area contributed by atoms with Crippen LogP contribution in [0.1, 0.15) is 30.1 Å². The number of fused-ring (bicyclic) bond motifs is 2. The smallest absolute Gasteiger partial charge is 0.178 e. The lowest BCUT2D eigenvalue weighted by atomic mass is 10.2. The highest BCUT2D eigenvalue weighted by Gasteiger charge is 2.29. The van der Waals surface area contributed by atoms with Crippen LogP contribution in [0.3, 0.4) is 0 Å². The third kappa shape index (κ3) is 2.65. The molecule has 1 aliphatic heterocycles. The summed E-state index contributed by atoms with van der Waals surface area (Å²) < 4.78 is 13.1. The first-order valence-electron chi connectivity index (χ1n) is 8.60. The lowest BCUT2D eigenvalue weighted by molar-refractivity contribution is 0.171. The fourth-order valence-electron chi connectivity index (χ4n) is 3.14. The SMILES string of the molecule is CN(Cc1ccc2c(c1)OCCO2)c1ccc2nnc(C3CC3)n2n1. The van der Waals surface area contributed by atoms with E-state index in [0.29, 0.717) is 19.1 Å². The molecule has 3 aromatic rings. The van der Waals surface area contributed by atoms with E-state index < -0.39 is 0 Å². The van der Waals surface area contributed by atoms with E-state index in [1.165, 1.54) is 12.8 Å². The third-order valence-electron chi connectivity index (χ3n) is 4.63. The van der Waals surface area contributed by atoms with Crippen molar-refractivity contribution in [1.82, 2.24) is 19.8 Å². The summed E-state index contributed by atoms with van der Waals surface area (Å²) in [4.78, 5) is 2.11. The van der Waals surface area contributed by atoms with Gasteiger partial charge in [0.25, 0.3) is 0 Å². The highest BCUT2D eigenvalue weighted by atomic mass is 16.6. The van der Waals surface area contributed by atoms with Crippen LogP contribution in [-0.4, -0.2) is 40.1 Å². The summed E-state index contributed by atoms with van der Waals surface area (Å²) in [6.45, 7) is 1.94. The van der Waals surface area contributed by atoms with Gasteiger partial charge < -0.3 is 14.4 Å². The zero-order valence-electron chi connectivity index (χ0n) is 14.1. The first-order chi connectivity index (χ1) is 12.3. The van der Waals surface area contributed by atoms with Crippen LogP contribution >= 0.6 is 0 Å². The Labute approximate surface area is 145 Å². The van der Waals surface area contributed by atoms with E-state index in [9.17, 15) is 0 Å². The Balaban J connectivity index is 1.41. The Morgan fingerprint density at radius 1 is 1.08 bits per heavy atom. The minimum atomic E-state index is 0.515.